The van der Waals surface area contributed by atoms with Gasteiger partial charge in [-0.2, -0.15) is 0 Å². The first-order chi connectivity index (χ1) is 22.4. The Bertz CT molecular complexity index is 964. The van der Waals surface area contributed by atoms with Crippen molar-refractivity contribution in [2.24, 2.45) is 0 Å². The standard InChI is InChI=1S/C18H33P.C16H28N2.C7H6.2ClH.Ru/c1-4-10-16(11-5-1)19(17-12-6-2-7-13-17)18-14-8-3-9-15-18;1-3-8-15(9-4-1)17-12-7-13-18(14-17)16-10-5-2-6-11-16;1-7-5-3-2-4-6-7;;;/h16-18H,1-15H2;15-16H,1-13H2;1-6H;2*1H;/q;;;;;+2/p-2. The molecule has 1 aromatic carbocycles. The number of hydrogen-bond donors (Lipinski definition) is 0. The van der Waals surface area contributed by atoms with Crippen LogP contribution in [0.5, 0.6) is 0 Å². The van der Waals surface area contributed by atoms with Crippen molar-refractivity contribution in [3.8, 4) is 0 Å². The first kappa shape index (κ1) is 40.3. The molecule has 0 aromatic heterocycles. The molecule has 0 N–H and O–H groups in total. The summed E-state index contributed by atoms with van der Waals surface area (Å²) in [5.41, 5.74) is 4.98. The first-order valence-corrected chi connectivity index (χ1v) is 23.5. The van der Waals surface area contributed by atoms with Crippen LogP contribution in [0.2, 0.25) is 0 Å². The molecule has 5 aliphatic carbocycles. The van der Waals surface area contributed by atoms with Gasteiger partial charge in [0.2, 0.25) is 0 Å². The van der Waals surface area contributed by atoms with E-state index in [4.69, 9.17) is 0 Å². The summed E-state index contributed by atoms with van der Waals surface area (Å²) in [7, 11) is 0.385. The summed E-state index contributed by atoms with van der Waals surface area (Å²) in [6, 6.07) is 12.7. The van der Waals surface area contributed by atoms with Gasteiger partial charge in [0.05, 0.1) is 0 Å². The van der Waals surface area contributed by atoms with Crippen LogP contribution in [0.3, 0.4) is 0 Å². The maximum absolute atomic E-state index is 2.88. The molecule has 1 aliphatic heterocycles. The van der Waals surface area contributed by atoms with Crippen LogP contribution < -0.4 is 24.8 Å². The monoisotopic (exact) mass is 790 g/mol. The van der Waals surface area contributed by atoms with Crippen molar-refractivity contribution in [2.45, 2.75) is 196 Å². The van der Waals surface area contributed by atoms with Crippen molar-refractivity contribution >= 4 is 16.9 Å². The summed E-state index contributed by atoms with van der Waals surface area (Å²) in [5.74, 6) is 0. The van der Waals surface area contributed by atoms with E-state index in [0.717, 1.165) is 12.1 Å². The zero-order chi connectivity index (χ0) is 30.5. The van der Waals surface area contributed by atoms with E-state index in [9.17, 15) is 0 Å². The van der Waals surface area contributed by atoms with Gasteiger partial charge in [-0.3, -0.25) is 0 Å². The van der Waals surface area contributed by atoms with Gasteiger partial charge < -0.3 is 24.8 Å². The molecule has 0 bridgehead atoms. The Morgan fingerprint density at radius 2 is 0.830 bits per heavy atom. The van der Waals surface area contributed by atoms with Gasteiger partial charge in [-0.25, -0.2) is 0 Å². The van der Waals surface area contributed by atoms with Gasteiger partial charge in [0.15, 0.2) is 0 Å². The minimum absolute atomic E-state index is 0. The number of nitrogens with zero attached hydrogens (tertiary/aromatic N) is 2. The third kappa shape index (κ3) is 12.0. The zero-order valence-corrected chi connectivity index (χ0v) is 33.7. The minimum Gasteiger partial charge on any atom is -1.00 e. The molecule has 6 aliphatic rings. The molecule has 7 rings (SSSR count). The van der Waals surface area contributed by atoms with Gasteiger partial charge in [-0.05, 0) is 55.5 Å². The largest absolute Gasteiger partial charge is 1.00 e. The molecule has 0 amide bonds. The summed E-state index contributed by atoms with van der Waals surface area (Å²) in [4.78, 5) is 5.77. The fraction of sp³-hybridized carbons (Fsp3) is 0.805. The van der Waals surface area contributed by atoms with E-state index in [2.05, 4.69) is 44.7 Å². The second-order valence-electron chi connectivity index (χ2n) is 15.5. The fourth-order valence-corrected chi connectivity index (χ4v) is 17.1. The van der Waals surface area contributed by atoms with Crippen molar-refractivity contribution in [1.29, 1.82) is 0 Å². The summed E-state index contributed by atoms with van der Waals surface area (Å²) in [5, 5.41) is 0. The van der Waals surface area contributed by atoms with Crippen LogP contribution in [0, 0.1) is 0 Å². The van der Waals surface area contributed by atoms with Gasteiger partial charge in [0, 0.05) is 0 Å². The number of halogens is 2. The van der Waals surface area contributed by atoms with Gasteiger partial charge in [-0.15, -0.1) is 0 Å². The Morgan fingerprint density at radius 3 is 1.21 bits per heavy atom. The minimum atomic E-state index is 0. The molecule has 1 aromatic rings. The Hall–Kier alpha value is 0.513. The van der Waals surface area contributed by atoms with Crippen LogP contribution in [-0.2, 0) is 16.2 Å². The summed E-state index contributed by atoms with van der Waals surface area (Å²) >= 11 is 0.148. The second kappa shape index (κ2) is 22.4. The van der Waals surface area contributed by atoms with Crippen molar-refractivity contribution in [1.82, 2.24) is 9.80 Å². The molecule has 5 saturated carbocycles. The molecule has 2 nitrogen and oxygen atoms in total. The van der Waals surface area contributed by atoms with E-state index in [1.54, 1.807) is 81.4 Å². The second-order valence-corrected chi connectivity index (χ2v) is 20.4. The molecule has 0 spiro atoms. The van der Waals surface area contributed by atoms with E-state index in [0.29, 0.717) is 7.92 Å². The molecule has 0 unspecified atom stereocenters. The maximum Gasteiger partial charge on any atom is -1.00 e. The van der Waals surface area contributed by atoms with Crippen molar-refractivity contribution in [3.63, 3.8) is 0 Å². The molecule has 1 heterocycles. The van der Waals surface area contributed by atoms with Gasteiger partial charge >= 0.3 is 167 Å². The maximum atomic E-state index is 2.88. The van der Waals surface area contributed by atoms with Gasteiger partial charge in [-0.1, -0.05) is 65.7 Å². The van der Waals surface area contributed by atoms with E-state index in [1.165, 1.54) is 126 Å². The predicted molar refractivity (Wildman–Crippen MR) is 196 cm³/mol. The quantitative estimate of drug-likeness (QED) is 0.291. The Labute approximate surface area is 311 Å². The van der Waals surface area contributed by atoms with Crippen molar-refractivity contribution < 1.29 is 41.0 Å². The SMILES string of the molecule is C1CCC(P(C2CCCCC2)C2CCCCC2)CC1.[CH](=[Ru+2]=[C]1N(C2CCCCC2)CCCN1C1CCCCC1)c1ccccc1.[Cl-].[Cl-]. The first-order valence-electron chi connectivity index (χ1n) is 20.0. The number of rotatable bonds is 6. The van der Waals surface area contributed by atoms with Crippen LogP contribution >= 0.6 is 7.92 Å². The van der Waals surface area contributed by atoms with Crippen molar-refractivity contribution in [3.05, 3.63) is 35.9 Å². The molecular weight excluding hydrogens is 723 g/mol. The van der Waals surface area contributed by atoms with Crippen LogP contribution in [0.25, 0.3) is 0 Å². The summed E-state index contributed by atoms with van der Waals surface area (Å²) in [6.45, 7) is 2.61. The predicted octanol–water partition coefficient (Wildman–Crippen LogP) is 5.15. The third-order valence-corrected chi connectivity index (χ3v) is 18.7. The van der Waals surface area contributed by atoms with Crippen LogP contribution in [0.4, 0.5) is 0 Å². The topological polar surface area (TPSA) is 6.48 Å². The molecule has 0 atom stereocenters. The Balaban J connectivity index is 0.000000213. The third-order valence-electron chi connectivity index (χ3n) is 12.3. The smallest absolute Gasteiger partial charge is 1.00 e. The Kier molecular flexibility index (Phi) is 19.2. The summed E-state index contributed by atoms with van der Waals surface area (Å²) < 4.78 is 4.30. The van der Waals surface area contributed by atoms with Gasteiger partial charge in [0.25, 0.3) is 0 Å². The van der Waals surface area contributed by atoms with E-state index in [-0.39, 0.29) is 41.0 Å². The van der Waals surface area contributed by atoms with Crippen LogP contribution in [0.1, 0.15) is 173 Å². The van der Waals surface area contributed by atoms with E-state index in [1.807, 2.05) is 0 Å². The van der Waals surface area contributed by atoms with Gasteiger partial charge in [0.1, 0.15) is 0 Å². The average Bonchev–Trinajstić information content (AvgIpc) is 3.13. The number of benzene rings is 1. The molecule has 6 heteroatoms. The van der Waals surface area contributed by atoms with Crippen molar-refractivity contribution in [2.75, 3.05) is 13.1 Å². The molecule has 47 heavy (non-hydrogen) atoms. The van der Waals surface area contributed by atoms with Crippen LogP contribution in [-0.4, -0.2) is 60.9 Å². The Morgan fingerprint density at radius 1 is 0.468 bits per heavy atom. The molecule has 6 fully saturated rings. The molecule has 268 valence electrons. The molecule has 1 saturated heterocycles. The van der Waals surface area contributed by atoms with E-state index < -0.39 is 0 Å². The fourth-order valence-electron chi connectivity index (χ4n) is 9.97. The number of hydrogen-bond acceptors (Lipinski definition) is 2. The van der Waals surface area contributed by atoms with Crippen LogP contribution in [0.15, 0.2) is 30.3 Å². The molecule has 0 radical (unpaired) electrons. The molecular formula is C41H67Cl2N2PRu. The normalized spacial score (nSPS) is 25.3. The zero-order valence-electron chi connectivity index (χ0n) is 29.6. The summed E-state index contributed by atoms with van der Waals surface area (Å²) in [6.07, 6.45) is 39.4. The average molecular weight is 791 g/mol. The van der Waals surface area contributed by atoms with E-state index >= 15 is 0 Å².